The van der Waals surface area contributed by atoms with Gasteiger partial charge in [0.15, 0.2) is 0 Å². The summed E-state index contributed by atoms with van der Waals surface area (Å²) in [6.45, 7) is 3.35. The van der Waals surface area contributed by atoms with Crippen LogP contribution in [0.1, 0.15) is 43.0 Å². The second kappa shape index (κ2) is 6.54. The lowest BCUT2D eigenvalue weighted by Gasteiger charge is -2.33. The molecule has 136 valence electrons. The van der Waals surface area contributed by atoms with Gasteiger partial charge in [-0.3, -0.25) is 14.6 Å². The number of pyridine rings is 1. The number of carbonyl (C=O) groups is 2. The molecule has 1 N–H and O–H groups in total. The Labute approximate surface area is 157 Å². The van der Waals surface area contributed by atoms with E-state index in [-0.39, 0.29) is 11.8 Å². The molecule has 1 saturated carbocycles. The molecule has 4 rings (SSSR count). The van der Waals surface area contributed by atoms with Gasteiger partial charge >= 0.3 is 0 Å². The number of amides is 2. The number of likely N-dealkylation sites (tertiary alicyclic amines) is 1. The molecule has 1 spiro atoms. The molecule has 1 aromatic carbocycles. The van der Waals surface area contributed by atoms with Gasteiger partial charge in [0.1, 0.15) is 6.04 Å². The number of rotatable bonds is 3. The molecule has 2 aromatic rings. The Bertz CT molecular complexity index is 868. The van der Waals surface area contributed by atoms with E-state index >= 15 is 0 Å². The van der Waals surface area contributed by atoms with Crippen LogP contribution < -0.4 is 5.32 Å². The first-order valence-corrected chi connectivity index (χ1v) is 9.49. The number of benzene rings is 1. The van der Waals surface area contributed by atoms with Crippen LogP contribution in [0.5, 0.6) is 0 Å². The zero-order chi connectivity index (χ0) is 18.3. The maximum atomic E-state index is 12.6. The molecule has 26 heavy (non-hydrogen) atoms. The van der Waals surface area contributed by atoms with Crippen molar-refractivity contribution < 1.29 is 9.59 Å². The van der Waals surface area contributed by atoms with Crippen molar-refractivity contribution in [2.45, 2.75) is 38.6 Å². The summed E-state index contributed by atoms with van der Waals surface area (Å²) < 4.78 is 0. The number of hydrogen-bond acceptors (Lipinski definition) is 3. The summed E-state index contributed by atoms with van der Waals surface area (Å²) in [5, 5.41) is 4.26. The van der Waals surface area contributed by atoms with Crippen molar-refractivity contribution in [3.63, 3.8) is 0 Å². The lowest BCUT2D eigenvalue weighted by molar-refractivity contribution is -0.134. The lowest BCUT2D eigenvalue weighted by atomic mass is 9.93. The minimum atomic E-state index is -0.545. The van der Waals surface area contributed by atoms with Crippen LogP contribution in [-0.2, 0) is 4.79 Å². The summed E-state index contributed by atoms with van der Waals surface area (Å²) in [6, 6.07) is 6.58. The average molecular weight is 372 g/mol. The lowest BCUT2D eigenvalue weighted by Crippen LogP contribution is -2.49. The molecule has 0 bridgehead atoms. The predicted molar refractivity (Wildman–Crippen MR) is 101 cm³/mol. The first-order valence-electron chi connectivity index (χ1n) is 9.11. The van der Waals surface area contributed by atoms with Crippen LogP contribution in [0, 0.1) is 5.41 Å². The molecule has 1 atom stereocenters. The van der Waals surface area contributed by atoms with Gasteiger partial charge in [-0.05, 0) is 56.2 Å². The van der Waals surface area contributed by atoms with Crippen LogP contribution in [0.25, 0.3) is 10.9 Å². The Hall–Kier alpha value is -2.14. The van der Waals surface area contributed by atoms with Crippen molar-refractivity contribution in [2.24, 2.45) is 5.41 Å². The fourth-order valence-corrected chi connectivity index (χ4v) is 3.88. The second-order valence-corrected chi connectivity index (χ2v) is 8.02. The van der Waals surface area contributed by atoms with Crippen molar-refractivity contribution >= 4 is 34.3 Å². The highest BCUT2D eigenvalue weighted by Crippen LogP contribution is 2.53. The third kappa shape index (κ3) is 3.40. The highest BCUT2D eigenvalue weighted by Gasteiger charge is 2.45. The Balaban J connectivity index is 1.40. The van der Waals surface area contributed by atoms with E-state index in [1.807, 2.05) is 11.0 Å². The molecule has 2 amide bonds. The number of hydrogen-bond donors (Lipinski definition) is 1. The minimum Gasteiger partial charge on any atom is -0.341 e. The molecule has 1 unspecified atom stereocenters. The maximum absolute atomic E-state index is 12.6. The molecule has 6 heteroatoms. The van der Waals surface area contributed by atoms with Crippen LogP contribution in [0.15, 0.2) is 30.5 Å². The first kappa shape index (κ1) is 17.3. The fourth-order valence-electron chi connectivity index (χ4n) is 3.71. The number of nitrogens with zero attached hydrogens (tertiary/aromatic N) is 2. The Kier molecular flexibility index (Phi) is 4.35. The van der Waals surface area contributed by atoms with E-state index in [4.69, 9.17) is 11.6 Å². The first-order chi connectivity index (χ1) is 12.5. The Morgan fingerprint density at radius 1 is 1.19 bits per heavy atom. The van der Waals surface area contributed by atoms with Crippen LogP contribution in [0.4, 0.5) is 0 Å². The molecule has 1 aliphatic carbocycles. The highest BCUT2D eigenvalue weighted by molar-refractivity contribution is 6.31. The van der Waals surface area contributed by atoms with Gasteiger partial charge in [0.05, 0.1) is 11.1 Å². The molecule has 1 saturated heterocycles. The monoisotopic (exact) mass is 371 g/mol. The molecule has 2 heterocycles. The van der Waals surface area contributed by atoms with Crippen LogP contribution in [-0.4, -0.2) is 40.8 Å². The van der Waals surface area contributed by atoms with Gasteiger partial charge in [0, 0.05) is 29.7 Å². The van der Waals surface area contributed by atoms with E-state index in [0.29, 0.717) is 16.0 Å². The van der Waals surface area contributed by atoms with Gasteiger partial charge in [0.2, 0.25) is 5.91 Å². The minimum absolute atomic E-state index is 0.00520. The smallest absolute Gasteiger partial charge is 0.253 e. The zero-order valence-electron chi connectivity index (χ0n) is 14.8. The van der Waals surface area contributed by atoms with E-state index in [1.54, 1.807) is 25.1 Å². The third-order valence-electron chi connectivity index (χ3n) is 5.72. The van der Waals surface area contributed by atoms with Crippen molar-refractivity contribution in [1.82, 2.24) is 15.2 Å². The number of piperidine rings is 1. The summed E-state index contributed by atoms with van der Waals surface area (Å²) in [5.41, 5.74) is 1.71. The maximum Gasteiger partial charge on any atom is 0.253 e. The van der Waals surface area contributed by atoms with E-state index in [0.717, 1.165) is 36.8 Å². The van der Waals surface area contributed by atoms with Gasteiger partial charge in [-0.1, -0.05) is 17.7 Å². The summed E-state index contributed by atoms with van der Waals surface area (Å²) in [4.78, 5) is 31.3. The molecule has 1 aliphatic heterocycles. The van der Waals surface area contributed by atoms with Crippen molar-refractivity contribution in [3.05, 3.63) is 41.0 Å². The van der Waals surface area contributed by atoms with Gasteiger partial charge < -0.3 is 10.2 Å². The van der Waals surface area contributed by atoms with Gasteiger partial charge in [0.25, 0.3) is 5.91 Å². The molecular weight excluding hydrogens is 350 g/mol. The average Bonchev–Trinajstić information content (AvgIpc) is 3.40. The molecule has 2 fully saturated rings. The number of fused-ring (bicyclic) bond motifs is 1. The summed E-state index contributed by atoms with van der Waals surface area (Å²) in [6.07, 6.45) is 6.32. The Morgan fingerprint density at radius 2 is 1.92 bits per heavy atom. The van der Waals surface area contributed by atoms with Crippen LogP contribution in [0.2, 0.25) is 5.02 Å². The predicted octanol–water partition coefficient (Wildman–Crippen LogP) is 3.41. The van der Waals surface area contributed by atoms with Gasteiger partial charge in [-0.25, -0.2) is 0 Å². The van der Waals surface area contributed by atoms with Crippen molar-refractivity contribution in [3.8, 4) is 0 Å². The summed E-state index contributed by atoms with van der Waals surface area (Å²) >= 11 is 5.96. The third-order valence-corrected chi connectivity index (χ3v) is 5.95. The van der Waals surface area contributed by atoms with Crippen LogP contribution in [0.3, 0.4) is 0 Å². The second-order valence-electron chi connectivity index (χ2n) is 7.58. The quantitative estimate of drug-likeness (QED) is 0.899. The Morgan fingerprint density at radius 3 is 2.62 bits per heavy atom. The van der Waals surface area contributed by atoms with Crippen molar-refractivity contribution in [2.75, 3.05) is 13.1 Å². The van der Waals surface area contributed by atoms with E-state index in [1.165, 1.54) is 19.0 Å². The summed E-state index contributed by atoms with van der Waals surface area (Å²) in [5.74, 6) is -0.291. The molecule has 0 radical (unpaired) electrons. The summed E-state index contributed by atoms with van der Waals surface area (Å²) in [7, 11) is 0. The van der Waals surface area contributed by atoms with Crippen LogP contribution >= 0.6 is 11.6 Å². The SMILES string of the molecule is CC(NC(=O)c1cnc2cc(Cl)ccc2c1)C(=O)N1CCC2(CC1)CC2. The molecule has 1 aromatic heterocycles. The van der Waals surface area contributed by atoms with E-state index < -0.39 is 6.04 Å². The number of carbonyl (C=O) groups excluding carboxylic acids is 2. The molecule has 2 aliphatic rings. The van der Waals surface area contributed by atoms with Gasteiger partial charge in [-0.15, -0.1) is 0 Å². The van der Waals surface area contributed by atoms with Crippen molar-refractivity contribution in [1.29, 1.82) is 0 Å². The number of halogens is 1. The largest absolute Gasteiger partial charge is 0.341 e. The van der Waals surface area contributed by atoms with E-state index in [9.17, 15) is 9.59 Å². The number of aromatic nitrogens is 1. The fraction of sp³-hybridized carbons (Fsp3) is 0.450. The standard InChI is InChI=1S/C20H22ClN3O2/c1-13(19(26)24-8-6-20(4-5-20)7-9-24)23-18(25)15-10-14-2-3-16(21)11-17(14)22-12-15/h2-3,10-13H,4-9H2,1H3,(H,23,25). The number of nitrogens with one attached hydrogen (secondary N) is 1. The van der Waals surface area contributed by atoms with Gasteiger partial charge in [-0.2, -0.15) is 0 Å². The highest BCUT2D eigenvalue weighted by atomic mass is 35.5. The molecule has 5 nitrogen and oxygen atoms in total. The van der Waals surface area contributed by atoms with E-state index in [2.05, 4.69) is 10.3 Å². The zero-order valence-corrected chi connectivity index (χ0v) is 15.6. The normalized spacial score (nSPS) is 19.4. The topological polar surface area (TPSA) is 62.3 Å². The molecular formula is C20H22ClN3O2.